The number of hydrogen-bond acceptors (Lipinski definition) is 5. The fourth-order valence-electron chi connectivity index (χ4n) is 3.05. The highest BCUT2D eigenvalue weighted by Crippen LogP contribution is 2.31. The standard InChI is InChI=1S/C20H24N4O3S/c1-4-5-8-28-20-23-17-16(19(27)24-20)13(10-15(25)22-17)18(26)21-14-9-11(2)6-7-12(14)3/h6-7,9,13H,4-5,8,10H2,1-3H3,(H,21,26)(H2,22,23,24,25,27). The second kappa shape index (κ2) is 8.60. The number of thioether (sulfide) groups is 1. The third kappa shape index (κ3) is 4.44. The SMILES string of the molecule is CCCCSc1nc2c(c(=O)[nH]1)C(C(=O)Nc1cc(C)ccc1C)CC(=O)N2. The van der Waals surface area contributed by atoms with E-state index in [-0.39, 0.29) is 35.2 Å². The van der Waals surface area contributed by atoms with E-state index >= 15 is 0 Å². The molecule has 2 heterocycles. The molecule has 0 spiro atoms. The molecule has 0 radical (unpaired) electrons. The maximum atomic E-state index is 12.9. The third-order valence-electron chi connectivity index (χ3n) is 4.63. The number of aromatic nitrogens is 2. The summed E-state index contributed by atoms with van der Waals surface area (Å²) in [7, 11) is 0. The Morgan fingerprint density at radius 2 is 2.11 bits per heavy atom. The van der Waals surface area contributed by atoms with Crippen molar-refractivity contribution in [2.45, 2.75) is 51.1 Å². The lowest BCUT2D eigenvalue weighted by Gasteiger charge is -2.24. The predicted octanol–water partition coefficient (Wildman–Crippen LogP) is 3.34. The van der Waals surface area contributed by atoms with Crippen molar-refractivity contribution in [3.8, 4) is 0 Å². The van der Waals surface area contributed by atoms with Crippen LogP contribution in [0.4, 0.5) is 11.5 Å². The minimum Gasteiger partial charge on any atom is -0.325 e. The summed E-state index contributed by atoms with van der Waals surface area (Å²) >= 11 is 1.43. The zero-order valence-electron chi connectivity index (χ0n) is 16.2. The number of benzene rings is 1. The molecule has 1 aromatic heterocycles. The van der Waals surface area contributed by atoms with Crippen LogP contribution in [0.15, 0.2) is 28.2 Å². The van der Waals surface area contributed by atoms with Crippen LogP contribution < -0.4 is 16.2 Å². The van der Waals surface area contributed by atoms with Crippen molar-refractivity contribution in [1.82, 2.24) is 9.97 Å². The number of carbonyl (C=O) groups excluding carboxylic acids is 2. The van der Waals surface area contributed by atoms with Crippen LogP contribution in [0.3, 0.4) is 0 Å². The molecule has 3 N–H and O–H groups in total. The van der Waals surface area contributed by atoms with Gasteiger partial charge in [0, 0.05) is 17.9 Å². The highest BCUT2D eigenvalue weighted by molar-refractivity contribution is 7.99. The maximum absolute atomic E-state index is 12.9. The van der Waals surface area contributed by atoms with E-state index in [1.165, 1.54) is 11.8 Å². The normalized spacial score (nSPS) is 15.7. The number of nitrogens with one attached hydrogen (secondary N) is 3. The number of hydrogen-bond donors (Lipinski definition) is 3. The molecule has 28 heavy (non-hydrogen) atoms. The van der Waals surface area contributed by atoms with E-state index in [2.05, 4.69) is 27.5 Å². The molecule has 0 aliphatic carbocycles. The number of aryl methyl sites for hydroxylation is 2. The number of amides is 2. The van der Waals surface area contributed by atoms with Gasteiger partial charge in [0.1, 0.15) is 5.82 Å². The largest absolute Gasteiger partial charge is 0.325 e. The van der Waals surface area contributed by atoms with Crippen LogP contribution in [-0.2, 0) is 9.59 Å². The molecule has 148 valence electrons. The van der Waals surface area contributed by atoms with Crippen molar-refractivity contribution < 1.29 is 9.59 Å². The van der Waals surface area contributed by atoms with E-state index in [9.17, 15) is 14.4 Å². The van der Waals surface area contributed by atoms with Crippen LogP contribution >= 0.6 is 11.8 Å². The number of nitrogens with zero attached hydrogens (tertiary/aromatic N) is 1. The number of unbranched alkanes of at least 4 members (excludes halogenated alkanes) is 1. The topological polar surface area (TPSA) is 104 Å². The lowest BCUT2D eigenvalue weighted by molar-refractivity contribution is -0.123. The number of rotatable bonds is 6. The molecule has 0 fully saturated rings. The van der Waals surface area contributed by atoms with E-state index in [0.717, 1.165) is 29.7 Å². The first kappa shape index (κ1) is 20.1. The molecule has 3 rings (SSSR count). The predicted molar refractivity (Wildman–Crippen MR) is 111 cm³/mol. The molecular weight excluding hydrogens is 376 g/mol. The Morgan fingerprint density at radius 1 is 1.32 bits per heavy atom. The first-order valence-electron chi connectivity index (χ1n) is 9.34. The van der Waals surface area contributed by atoms with Crippen LogP contribution in [-0.4, -0.2) is 27.5 Å². The van der Waals surface area contributed by atoms with E-state index < -0.39 is 5.92 Å². The molecule has 0 bridgehead atoms. The molecule has 8 heteroatoms. The van der Waals surface area contributed by atoms with E-state index in [4.69, 9.17) is 0 Å². The van der Waals surface area contributed by atoms with Gasteiger partial charge in [0.2, 0.25) is 11.8 Å². The first-order chi connectivity index (χ1) is 13.4. The van der Waals surface area contributed by atoms with Gasteiger partial charge in [-0.1, -0.05) is 37.2 Å². The third-order valence-corrected chi connectivity index (χ3v) is 5.59. The van der Waals surface area contributed by atoms with Crippen molar-refractivity contribution in [2.24, 2.45) is 0 Å². The van der Waals surface area contributed by atoms with Crippen LogP contribution in [0.5, 0.6) is 0 Å². The van der Waals surface area contributed by atoms with Gasteiger partial charge in [-0.05, 0) is 37.5 Å². The Balaban J connectivity index is 1.89. The zero-order valence-corrected chi connectivity index (χ0v) is 17.0. The van der Waals surface area contributed by atoms with Crippen LogP contribution in [0.25, 0.3) is 0 Å². The van der Waals surface area contributed by atoms with Gasteiger partial charge in [-0.15, -0.1) is 0 Å². The van der Waals surface area contributed by atoms with Crippen molar-refractivity contribution in [1.29, 1.82) is 0 Å². The molecule has 1 aliphatic rings. The van der Waals surface area contributed by atoms with Gasteiger partial charge < -0.3 is 15.6 Å². The van der Waals surface area contributed by atoms with Crippen molar-refractivity contribution in [3.63, 3.8) is 0 Å². The van der Waals surface area contributed by atoms with Gasteiger partial charge in [0.05, 0.1) is 11.5 Å². The van der Waals surface area contributed by atoms with E-state index in [1.807, 2.05) is 32.0 Å². The molecule has 0 saturated carbocycles. The number of fused-ring (bicyclic) bond motifs is 1. The number of aromatic amines is 1. The lowest BCUT2D eigenvalue weighted by atomic mass is 9.92. The summed E-state index contributed by atoms with van der Waals surface area (Å²) < 4.78 is 0. The molecule has 1 aliphatic heterocycles. The quantitative estimate of drug-likeness (QED) is 0.392. The van der Waals surface area contributed by atoms with Crippen LogP contribution in [0.1, 0.15) is 48.8 Å². The Labute approximate surface area is 167 Å². The van der Waals surface area contributed by atoms with E-state index in [1.54, 1.807) is 0 Å². The molecular formula is C20H24N4O3S. The summed E-state index contributed by atoms with van der Waals surface area (Å²) in [5.41, 5.74) is 2.42. The number of carbonyl (C=O) groups is 2. The highest BCUT2D eigenvalue weighted by atomic mass is 32.2. The Hall–Kier alpha value is -2.61. The van der Waals surface area contributed by atoms with Crippen LogP contribution in [0, 0.1) is 13.8 Å². The number of anilines is 2. The zero-order chi connectivity index (χ0) is 20.3. The minimum atomic E-state index is -0.880. The molecule has 1 unspecified atom stereocenters. The Kier molecular flexibility index (Phi) is 6.18. The highest BCUT2D eigenvalue weighted by Gasteiger charge is 2.34. The molecule has 1 atom stereocenters. The molecule has 0 saturated heterocycles. The molecule has 7 nitrogen and oxygen atoms in total. The fraction of sp³-hybridized carbons (Fsp3) is 0.400. The summed E-state index contributed by atoms with van der Waals surface area (Å²) in [5, 5.41) is 5.95. The molecule has 2 amide bonds. The summed E-state index contributed by atoms with van der Waals surface area (Å²) in [6.07, 6.45) is 1.95. The van der Waals surface area contributed by atoms with Gasteiger partial charge >= 0.3 is 0 Å². The van der Waals surface area contributed by atoms with Crippen molar-refractivity contribution in [2.75, 3.05) is 16.4 Å². The average molecular weight is 401 g/mol. The average Bonchev–Trinajstić information content (AvgIpc) is 2.64. The number of H-pyrrole nitrogens is 1. The van der Waals surface area contributed by atoms with Gasteiger partial charge in [-0.25, -0.2) is 4.98 Å². The Bertz CT molecular complexity index is 970. The lowest BCUT2D eigenvalue weighted by Crippen LogP contribution is -2.36. The molecule has 2 aromatic rings. The summed E-state index contributed by atoms with van der Waals surface area (Å²) in [6, 6.07) is 5.74. The first-order valence-corrected chi connectivity index (χ1v) is 10.3. The fourth-order valence-corrected chi connectivity index (χ4v) is 3.99. The van der Waals surface area contributed by atoms with E-state index in [0.29, 0.717) is 10.8 Å². The van der Waals surface area contributed by atoms with Gasteiger partial charge in [0.25, 0.3) is 5.56 Å². The van der Waals surface area contributed by atoms with Gasteiger partial charge in [0.15, 0.2) is 5.16 Å². The summed E-state index contributed by atoms with van der Waals surface area (Å²) in [5.74, 6) is -0.586. The summed E-state index contributed by atoms with van der Waals surface area (Å²) in [6.45, 7) is 5.92. The monoisotopic (exact) mass is 400 g/mol. The van der Waals surface area contributed by atoms with Crippen LogP contribution in [0.2, 0.25) is 0 Å². The van der Waals surface area contributed by atoms with Crippen molar-refractivity contribution in [3.05, 3.63) is 45.2 Å². The van der Waals surface area contributed by atoms with Crippen molar-refractivity contribution >= 4 is 35.1 Å². The minimum absolute atomic E-state index is 0.0865. The Morgan fingerprint density at radius 3 is 2.86 bits per heavy atom. The smallest absolute Gasteiger partial charge is 0.257 e. The second-order valence-corrected chi connectivity index (χ2v) is 8.03. The van der Waals surface area contributed by atoms with Gasteiger partial charge in [-0.2, -0.15) is 0 Å². The second-order valence-electron chi connectivity index (χ2n) is 6.95. The maximum Gasteiger partial charge on any atom is 0.257 e. The summed E-state index contributed by atoms with van der Waals surface area (Å²) in [4.78, 5) is 44.8. The molecule has 1 aromatic carbocycles. The van der Waals surface area contributed by atoms with Gasteiger partial charge in [-0.3, -0.25) is 14.4 Å².